The molecule has 31 heavy (non-hydrogen) atoms. The summed E-state index contributed by atoms with van der Waals surface area (Å²) >= 11 is 0. The van der Waals surface area contributed by atoms with E-state index in [-0.39, 0.29) is 11.5 Å². The van der Waals surface area contributed by atoms with Crippen LogP contribution in [0.25, 0.3) is 11.4 Å². The highest BCUT2D eigenvalue weighted by molar-refractivity contribution is 6.76. The highest BCUT2D eigenvalue weighted by Crippen LogP contribution is 2.41. The van der Waals surface area contributed by atoms with Gasteiger partial charge < -0.3 is 14.8 Å². The van der Waals surface area contributed by atoms with Gasteiger partial charge >= 0.3 is 6.09 Å². The predicted octanol–water partition coefficient (Wildman–Crippen LogP) is 5.56. The number of nitrogens with zero attached hydrogens (tertiary/aromatic N) is 2. The Morgan fingerprint density at radius 2 is 2.00 bits per heavy atom. The number of aromatic nitrogens is 2. The first kappa shape index (κ1) is 23.1. The molecule has 2 N–H and O–H groups in total. The molecule has 0 aromatic carbocycles. The Labute approximate surface area is 186 Å². The minimum absolute atomic E-state index is 0.0618. The van der Waals surface area contributed by atoms with E-state index in [1.54, 1.807) is 6.07 Å². The summed E-state index contributed by atoms with van der Waals surface area (Å²) < 4.78 is 11.7. The molecule has 2 aromatic heterocycles. The Kier molecular flexibility index (Phi) is 6.59. The largest absolute Gasteiger partial charge is 0.482 e. The summed E-state index contributed by atoms with van der Waals surface area (Å²) in [5, 5.41) is 6.24. The molecule has 1 aliphatic heterocycles. The van der Waals surface area contributed by atoms with Crippen LogP contribution in [0.1, 0.15) is 26.5 Å². The van der Waals surface area contributed by atoms with E-state index in [4.69, 9.17) is 14.5 Å². The number of fused-ring (bicyclic) bond motifs is 1. The zero-order chi connectivity index (χ0) is 22.8. The number of hydrogen-bond donors (Lipinski definition) is 2. The lowest BCUT2D eigenvalue weighted by Crippen LogP contribution is -2.41. The Balaban J connectivity index is 1.91. The van der Waals surface area contributed by atoms with E-state index in [0.717, 1.165) is 17.4 Å². The number of carbonyl (C=O) groups excluding carboxylic acids is 1. The molecule has 3 rings (SSSR count). The van der Waals surface area contributed by atoms with Crippen molar-refractivity contribution in [3.63, 3.8) is 0 Å². The highest BCUT2D eigenvalue weighted by atomic mass is 28.3. The monoisotopic (exact) mass is 442 g/mol. The van der Waals surface area contributed by atoms with Crippen molar-refractivity contribution in [1.82, 2.24) is 9.97 Å². The van der Waals surface area contributed by atoms with Crippen LogP contribution >= 0.6 is 0 Å². The zero-order valence-electron chi connectivity index (χ0n) is 19.6. The molecule has 0 bridgehead atoms. The molecular formula is C23H34N4O3Si. The van der Waals surface area contributed by atoms with Gasteiger partial charge in [0.1, 0.15) is 6.10 Å². The Morgan fingerprint density at radius 3 is 2.65 bits per heavy atom. The van der Waals surface area contributed by atoms with Gasteiger partial charge in [-0.15, -0.1) is 0 Å². The highest BCUT2D eigenvalue weighted by Gasteiger charge is 2.33. The van der Waals surface area contributed by atoms with E-state index in [2.05, 4.69) is 56.0 Å². The van der Waals surface area contributed by atoms with Gasteiger partial charge in [-0.05, 0) is 31.2 Å². The van der Waals surface area contributed by atoms with Gasteiger partial charge in [0.25, 0.3) is 0 Å². The van der Waals surface area contributed by atoms with Crippen molar-refractivity contribution in [3.8, 4) is 17.1 Å². The molecular weight excluding hydrogens is 408 g/mol. The van der Waals surface area contributed by atoms with Crippen LogP contribution in [0, 0.1) is 12.3 Å². The van der Waals surface area contributed by atoms with Crippen LogP contribution in [0.15, 0.2) is 24.3 Å². The quantitative estimate of drug-likeness (QED) is 0.590. The first-order valence-corrected chi connectivity index (χ1v) is 14.5. The van der Waals surface area contributed by atoms with Crippen molar-refractivity contribution >= 4 is 25.7 Å². The minimum atomic E-state index is -1.29. The molecule has 2 aromatic rings. The maximum atomic E-state index is 12.5. The number of pyridine rings is 2. The van der Waals surface area contributed by atoms with E-state index < -0.39 is 14.2 Å². The number of amides is 1. The van der Waals surface area contributed by atoms with Gasteiger partial charge in [0, 0.05) is 19.2 Å². The molecule has 0 fully saturated rings. The van der Waals surface area contributed by atoms with Gasteiger partial charge in [-0.3, -0.25) is 10.3 Å². The molecule has 0 aliphatic carbocycles. The molecule has 3 heterocycles. The third-order valence-corrected chi connectivity index (χ3v) is 6.83. The second kappa shape index (κ2) is 8.86. The lowest BCUT2D eigenvalue weighted by atomic mass is 9.88. The number of rotatable bonds is 5. The van der Waals surface area contributed by atoms with Crippen LogP contribution in [-0.2, 0) is 4.74 Å². The van der Waals surface area contributed by atoms with Crippen LogP contribution in [0.3, 0.4) is 0 Å². The third kappa shape index (κ3) is 6.19. The Bertz CT molecular complexity index is 951. The standard InChI is InChI=1S/C23H34N4O3Si/c1-15-9-8-10-16(25-15)17-13-18(27-22(28)29-11-12-31(5,6)7)20-21(26-17)24-14-19(30-20)23(2,3)4/h8-10,13,19H,11-12,14H2,1-7H3,(H2,24,26,27,28). The average Bonchev–Trinajstić information content (AvgIpc) is 2.65. The first-order valence-electron chi connectivity index (χ1n) is 10.8. The molecule has 1 atom stereocenters. The fraction of sp³-hybridized carbons (Fsp3) is 0.522. The topological polar surface area (TPSA) is 85.4 Å². The number of nitrogens with one attached hydrogen (secondary N) is 2. The summed E-state index contributed by atoms with van der Waals surface area (Å²) in [5.74, 6) is 1.13. The summed E-state index contributed by atoms with van der Waals surface area (Å²) in [7, 11) is -1.29. The van der Waals surface area contributed by atoms with Gasteiger partial charge in [0.15, 0.2) is 11.6 Å². The smallest absolute Gasteiger partial charge is 0.411 e. The third-order valence-electron chi connectivity index (χ3n) is 5.13. The zero-order valence-corrected chi connectivity index (χ0v) is 20.6. The first-order chi connectivity index (χ1) is 14.4. The van der Waals surface area contributed by atoms with Gasteiger partial charge in [0.05, 0.1) is 30.2 Å². The maximum absolute atomic E-state index is 12.5. The van der Waals surface area contributed by atoms with Crippen LogP contribution in [0.2, 0.25) is 25.7 Å². The van der Waals surface area contributed by atoms with Crippen LogP contribution < -0.4 is 15.4 Å². The molecule has 0 radical (unpaired) electrons. The number of aryl methyl sites for hydroxylation is 1. The fourth-order valence-corrected chi connectivity index (χ4v) is 3.85. The van der Waals surface area contributed by atoms with E-state index >= 15 is 0 Å². The molecule has 168 valence electrons. The number of carbonyl (C=O) groups is 1. The van der Waals surface area contributed by atoms with Crippen molar-refractivity contribution in [2.24, 2.45) is 5.41 Å². The summed E-state index contributed by atoms with van der Waals surface area (Å²) in [6, 6.07) is 8.49. The van der Waals surface area contributed by atoms with Gasteiger partial charge in [-0.1, -0.05) is 46.5 Å². The number of anilines is 2. The molecule has 0 saturated carbocycles. The van der Waals surface area contributed by atoms with Gasteiger partial charge in [-0.2, -0.15) is 0 Å². The average molecular weight is 443 g/mol. The van der Waals surface area contributed by atoms with Crippen molar-refractivity contribution in [1.29, 1.82) is 0 Å². The Hall–Kier alpha value is -2.61. The van der Waals surface area contributed by atoms with Crippen molar-refractivity contribution in [2.75, 3.05) is 23.8 Å². The molecule has 0 spiro atoms. The van der Waals surface area contributed by atoms with E-state index in [9.17, 15) is 4.79 Å². The summed E-state index contributed by atoms with van der Waals surface area (Å²) in [4.78, 5) is 21.8. The SMILES string of the molecule is Cc1cccc(-c2cc(NC(=O)OCC[Si](C)(C)C)c3c(n2)NCC(C(C)(C)C)O3)n1. The molecule has 1 aliphatic rings. The van der Waals surface area contributed by atoms with E-state index in [1.165, 1.54) is 0 Å². The van der Waals surface area contributed by atoms with Crippen LogP contribution in [0.4, 0.5) is 16.3 Å². The second-order valence-electron chi connectivity index (χ2n) is 10.3. The van der Waals surface area contributed by atoms with Crippen LogP contribution in [-0.4, -0.2) is 43.4 Å². The van der Waals surface area contributed by atoms with Gasteiger partial charge in [-0.25, -0.2) is 9.78 Å². The van der Waals surface area contributed by atoms with Crippen LogP contribution in [0.5, 0.6) is 5.75 Å². The normalized spacial score (nSPS) is 16.0. The molecule has 0 saturated heterocycles. The van der Waals surface area contributed by atoms with Crippen molar-refractivity contribution in [2.45, 2.75) is 59.5 Å². The fourth-order valence-electron chi connectivity index (χ4n) is 3.13. The number of hydrogen-bond acceptors (Lipinski definition) is 6. The lowest BCUT2D eigenvalue weighted by Gasteiger charge is -2.36. The number of ether oxygens (including phenoxy) is 2. The van der Waals surface area contributed by atoms with E-state index in [1.807, 2.05) is 25.1 Å². The van der Waals surface area contributed by atoms with Gasteiger partial charge in [0.2, 0.25) is 0 Å². The summed E-state index contributed by atoms with van der Waals surface area (Å²) in [6.07, 6.45) is -0.551. The minimum Gasteiger partial charge on any atom is -0.482 e. The molecule has 8 heteroatoms. The maximum Gasteiger partial charge on any atom is 0.411 e. The van der Waals surface area contributed by atoms with Crippen molar-refractivity contribution < 1.29 is 14.3 Å². The molecule has 7 nitrogen and oxygen atoms in total. The predicted molar refractivity (Wildman–Crippen MR) is 128 cm³/mol. The molecule has 1 amide bonds. The molecule has 1 unspecified atom stereocenters. The van der Waals surface area contributed by atoms with E-state index in [0.29, 0.717) is 36.1 Å². The Morgan fingerprint density at radius 1 is 1.26 bits per heavy atom. The van der Waals surface area contributed by atoms with Crippen molar-refractivity contribution in [3.05, 3.63) is 30.0 Å². The summed E-state index contributed by atoms with van der Waals surface area (Å²) in [6.45, 7) is 16.1. The lowest BCUT2D eigenvalue weighted by molar-refractivity contribution is 0.0922. The second-order valence-corrected chi connectivity index (χ2v) is 15.9. The summed E-state index contributed by atoms with van der Waals surface area (Å²) in [5.41, 5.74) is 2.75.